The highest BCUT2D eigenvalue weighted by atomic mass is 16.2. The summed E-state index contributed by atoms with van der Waals surface area (Å²) in [6.07, 6.45) is 3.46. The molecule has 2 heterocycles. The second-order valence-corrected chi connectivity index (χ2v) is 5.49. The van der Waals surface area contributed by atoms with E-state index in [2.05, 4.69) is 0 Å². The summed E-state index contributed by atoms with van der Waals surface area (Å²) in [7, 11) is 0. The molecule has 0 bridgehead atoms. The highest BCUT2D eigenvalue weighted by Gasteiger charge is 2.37. The maximum absolute atomic E-state index is 12.4. The van der Waals surface area contributed by atoms with Crippen LogP contribution in [0.5, 0.6) is 0 Å². The Morgan fingerprint density at radius 2 is 1.08 bits per heavy atom. The molecule has 0 radical (unpaired) electrons. The molecule has 1 aromatic carbocycles. The number of para-hydroxylation sites is 2. The number of benzene rings is 1. The van der Waals surface area contributed by atoms with Gasteiger partial charge in [-0.05, 0) is 25.0 Å². The molecule has 0 aliphatic carbocycles. The lowest BCUT2D eigenvalue weighted by Crippen LogP contribution is -2.36. The molecular weight excluding hydrogens is 308 g/mol. The Balaban J connectivity index is 2.05. The van der Waals surface area contributed by atoms with Crippen LogP contribution in [0.15, 0.2) is 47.6 Å². The van der Waals surface area contributed by atoms with E-state index in [1.807, 2.05) is 0 Å². The van der Waals surface area contributed by atoms with Crippen molar-refractivity contribution < 1.29 is 19.2 Å². The topological polar surface area (TPSA) is 74.8 Å². The maximum Gasteiger partial charge on any atom is 0.261 e. The number of rotatable bonds is 4. The van der Waals surface area contributed by atoms with Crippen LogP contribution in [0.25, 0.3) is 0 Å². The Bertz CT molecular complexity index is 766. The molecule has 6 heteroatoms. The van der Waals surface area contributed by atoms with Crippen molar-refractivity contribution in [3.8, 4) is 0 Å². The molecule has 2 aliphatic rings. The number of anilines is 2. The standard InChI is InChI=1S/C18H16N2O4/c1-3-11-9-15(21)19(17(11)23)13-7-5-6-8-14(13)20-16(22)10-12(4-2)18(20)24/h5-10H,3-4H2,1-2H3. The molecule has 0 spiro atoms. The molecule has 24 heavy (non-hydrogen) atoms. The van der Waals surface area contributed by atoms with Crippen LogP contribution in [0.3, 0.4) is 0 Å². The fraction of sp³-hybridized carbons (Fsp3) is 0.222. The first kappa shape index (κ1) is 15.9. The number of hydrogen-bond donors (Lipinski definition) is 0. The SMILES string of the molecule is CCC1=CC(=O)N(c2ccccc2N2C(=O)C=C(CC)C2=O)C1=O. The van der Waals surface area contributed by atoms with Gasteiger partial charge in [0.25, 0.3) is 23.6 Å². The molecule has 0 fully saturated rings. The lowest BCUT2D eigenvalue weighted by Gasteiger charge is -2.23. The van der Waals surface area contributed by atoms with Crippen molar-refractivity contribution >= 4 is 35.0 Å². The van der Waals surface area contributed by atoms with E-state index >= 15 is 0 Å². The van der Waals surface area contributed by atoms with E-state index in [-0.39, 0.29) is 11.4 Å². The molecule has 0 atom stereocenters. The monoisotopic (exact) mass is 324 g/mol. The lowest BCUT2D eigenvalue weighted by molar-refractivity contribution is -0.122. The molecule has 4 amide bonds. The average molecular weight is 324 g/mol. The molecule has 6 nitrogen and oxygen atoms in total. The number of carbonyl (C=O) groups is 4. The van der Waals surface area contributed by atoms with Crippen molar-refractivity contribution in [1.82, 2.24) is 0 Å². The number of nitrogens with zero attached hydrogens (tertiary/aromatic N) is 2. The fourth-order valence-electron chi connectivity index (χ4n) is 2.84. The summed E-state index contributed by atoms with van der Waals surface area (Å²) in [5.41, 5.74) is 1.28. The van der Waals surface area contributed by atoms with Crippen LogP contribution >= 0.6 is 0 Å². The quantitative estimate of drug-likeness (QED) is 0.795. The summed E-state index contributed by atoms with van der Waals surface area (Å²) in [5.74, 6) is -1.77. The molecule has 0 aromatic heterocycles. The number of imide groups is 2. The second kappa shape index (κ2) is 5.88. The van der Waals surface area contributed by atoms with Crippen LogP contribution in [0.4, 0.5) is 11.4 Å². The molecule has 0 unspecified atom stereocenters. The lowest BCUT2D eigenvalue weighted by atomic mass is 10.2. The van der Waals surface area contributed by atoms with Gasteiger partial charge >= 0.3 is 0 Å². The highest BCUT2D eigenvalue weighted by Crippen LogP contribution is 2.35. The number of amides is 4. The van der Waals surface area contributed by atoms with Gasteiger partial charge in [0.15, 0.2) is 0 Å². The third kappa shape index (κ3) is 2.27. The Morgan fingerprint density at radius 3 is 1.38 bits per heavy atom. The summed E-state index contributed by atoms with van der Waals surface area (Å²) in [5, 5.41) is 0. The minimum atomic E-state index is -0.466. The van der Waals surface area contributed by atoms with E-state index in [4.69, 9.17) is 0 Å². The van der Waals surface area contributed by atoms with E-state index in [0.29, 0.717) is 24.0 Å². The van der Waals surface area contributed by atoms with Gasteiger partial charge < -0.3 is 0 Å². The summed E-state index contributed by atoms with van der Waals surface area (Å²) in [6, 6.07) is 6.43. The predicted molar refractivity (Wildman–Crippen MR) is 88.2 cm³/mol. The zero-order valence-electron chi connectivity index (χ0n) is 13.4. The van der Waals surface area contributed by atoms with Gasteiger partial charge in [0.2, 0.25) is 0 Å². The van der Waals surface area contributed by atoms with Crippen LogP contribution in [0.2, 0.25) is 0 Å². The largest absolute Gasteiger partial charge is 0.269 e. The van der Waals surface area contributed by atoms with Gasteiger partial charge in [0, 0.05) is 23.3 Å². The zero-order chi connectivity index (χ0) is 17.4. The first-order valence-corrected chi connectivity index (χ1v) is 7.76. The summed E-state index contributed by atoms with van der Waals surface area (Å²) in [4.78, 5) is 51.4. The van der Waals surface area contributed by atoms with Crippen LogP contribution in [0, 0.1) is 0 Å². The Kier molecular flexibility index (Phi) is 3.89. The van der Waals surface area contributed by atoms with Gasteiger partial charge in [0.05, 0.1) is 11.4 Å². The molecule has 1 aromatic rings. The highest BCUT2D eigenvalue weighted by molar-refractivity contribution is 6.35. The minimum Gasteiger partial charge on any atom is -0.269 e. The normalized spacial score (nSPS) is 17.8. The summed E-state index contributed by atoms with van der Waals surface area (Å²) in [6.45, 7) is 3.58. The molecular formula is C18H16N2O4. The van der Waals surface area contributed by atoms with Crippen molar-refractivity contribution in [3.05, 3.63) is 47.6 Å². The maximum atomic E-state index is 12.4. The third-order valence-electron chi connectivity index (χ3n) is 4.12. The smallest absolute Gasteiger partial charge is 0.261 e. The van der Waals surface area contributed by atoms with E-state index in [9.17, 15) is 19.2 Å². The molecule has 122 valence electrons. The minimum absolute atomic E-state index is 0.236. The summed E-state index contributed by atoms with van der Waals surface area (Å²) >= 11 is 0. The zero-order valence-corrected chi connectivity index (χ0v) is 13.4. The van der Waals surface area contributed by atoms with E-state index < -0.39 is 23.6 Å². The van der Waals surface area contributed by atoms with Crippen molar-refractivity contribution in [2.24, 2.45) is 0 Å². The Labute approximate surface area is 139 Å². The molecule has 3 rings (SSSR count). The van der Waals surface area contributed by atoms with Gasteiger partial charge in [-0.2, -0.15) is 0 Å². The van der Waals surface area contributed by atoms with Gasteiger partial charge in [-0.15, -0.1) is 0 Å². The second-order valence-electron chi connectivity index (χ2n) is 5.49. The van der Waals surface area contributed by atoms with Crippen LogP contribution < -0.4 is 9.80 Å². The van der Waals surface area contributed by atoms with Crippen molar-refractivity contribution in [2.45, 2.75) is 26.7 Å². The Morgan fingerprint density at radius 1 is 0.708 bits per heavy atom. The van der Waals surface area contributed by atoms with Gasteiger partial charge in [-0.25, -0.2) is 9.80 Å². The molecule has 0 saturated carbocycles. The first-order valence-electron chi connectivity index (χ1n) is 7.76. The Hall–Kier alpha value is -3.02. The van der Waals surface area contributed by atoms with E-state index in [1.54, 1.807) is 38.1 Å². The van der Waals surface area contributed by atoms with Crippen molar-refractivity contribution in [2.75, 3.05) is 9.80 Å². The van der Waals surface area contributed by atoms with Crippen LogP contribution in [-0.2, 0) is 19.2 Å². The van der Waals surface area contributed by atoms with E-state index in [0.717, 1.165) is 9.80 Å². The van der Waals surface area contributed by atoms with Crippen LogP contribution in [-0.4, -0.2) is 23.6 Å². The van der Waals surface area contributed by atoms with Crippen molar-refractivity contribution in [1.29, 1.82) is 0 Å². The fourth-order valence-corrected chi connectivity index (χ4v) is 2.84. The predicted octanol–water partition coefficient (Wildman–Crippen LogP) is 2.11. The molecule has 0 N–H and O–H groups in total. The number of carbonyl (C=O) groups excluding carboxylic acids is 4. The van der Waals surface area contributed by atoms with Crippen molar-refractivity contribution in [3.63, 3.8) is 0 Å². The van der Waals surface area contributed by atoms with Gasteiger partial charge in [0.1, 0.15) is 0 Å². The molecule has 2 aliphatic heterocycles. The summed E-state index contributed by atoms with van der Waals surface area (Å²) < 4.78 is 0. The third-order valence-corrected chi connectivity index (χ3v) is 4.12. The van der Waals surface area contributed by atoms with Gasteiger partial charge in [-0.1, -0.05) is 26.0 Å². The number of hydrogen-bond acceptors (Lipinski definition) is 4. The first-order chi connectivity index (χ1) is 11.5. The van der Waals surface area contributed by atoms with E-state index in [1.165, 1.54) is 12.2 Å². The van der Waals surface area contributed by atoms with Gasteiger partial charge in [-0.3, -0.25) is 19.2 Å². The average Bonchev–Trinajstić information content (AvgIpc) is 3.02. The van der Waals surface area contributed by atoms with Crippen LogP contribution in [0.1, 0.15) is 26.7 Å². The molecule has 0 saturated heterocycles.